The Labute approximate surface area is 145 Å². The first-order valence-electron chi connectivity index (χ1n) is 9.22. The van der Waals surface area contributed by atoms with E-state index in [1.54, 1.807) is 0 Å². The van der Waals surface area contributed by atoms with Gasteiger partial charge in [0.05, 0.1) is 18.8 Å². The van der Waals surface area contributed by atoms with Gasteiger partial charge in [0, 0.05) is 31.6 Å². The number of morpholine rings is 1. The molecular weight excluding hydrogens is 306 g/mol. The molecule has 6 nitrogen and oxygen atoms in total. The maximum absolute atomic E-state index is 12.2. The minimum atomic E-state index is -0.429. The van der Waals surface area contributed by atoms with Crippen molar-refractivity contribution in [3.05, 3.63) is 0 Å². The third-order valence-corrected chi connectivity index (χ3v) is 5.28. The van der Waals surface area contributed by atoms with E-state index in [1.165, 1.54) is 0 Å². The molecule has 0 aromatic heterocycles. The van der Waals surface area contributed by atoms with Gasteiger partial charge in [-0.05, 0) is 32.6 Å². The van der Waals surface area contributed by atoms with Crippen LogP contribution >= 0.6 is 0 Å². The van der Waals surface area contributed by atoms with Gasteiger partial charge in [-0.15, -0.1) is 0 Å². The van der Waals surface area contributed by atoms with Crippen LogP contribution in [-0.2, 0) is 14.3 Å². The Bertz CT molecular complexity index is 451. The van der Waals surface area contributed by atoms with Crippen LogP contribution in [0.3, 0.4) is 0 Å². The van der Waals surface area contributed by atoms with Crippen molar-refractivity contribution in [2.24, 2.45) is 11.8 Å². The number of hydrogen-bond donors (Lipinski definition) is 2. The number of nitrogens with one attached hydrogen (secondary N) is 2. The lowest BCUT2D eigenvalue weighted by Gasteiger charge is -2.40. The van der Waals surface area contributed by atoms with Crippen LogP contribution in [0.25, 0.3) is 0 Å². The summed E-state index contributed by atoms with van der Waals surface area (Å²) < 4.78 is 5.89. The number of rotatable bonds is 7. The fraction of sp³-hybridized carbons (Fsp3) is 0.889. The van der Waals surface area contributed by atoms with Crippen molar-refractivity contribution >= 4 is 11.8 Å². The Hall–Kier alpha value is -1.14. The standard InChI is InChI=1S/C18H33N3O3/c1-13(2)14(3)20-16(22)10-21-8-9-24-18(4,12-21)11-19-17(23)15-6-5-7-15/h13-15H,5-12H2,1-4H3,(H,19,23)(H,20,22). The van der Waals surface area contributed by atoms with Crippen molar-refractivity contribution in [1.29, 1.82) is 0 Å². The zero-order chi connectivity index (χ0) is 17.7. The first kappa shape index (κ1) is 19.2. The summed E-state index contributed by atoms with van der Waals surface area (Å²) in [5.41, 5.74) is -0.429. The molecule has 1 heterocycles. The van der Waals surface area contributed by atoms with Crippen LogP contribution in [-0.4, -0.2) is 61.1 Å². The first-order chi connectivity index (χ1) is 11.3. The molecule has 138 valence electrons. The van der Waals surface area contributed by atoms with Gasteiger partial charge in [0.15, 0.2) is 0 Å². The van der Waals surface area contributed by atoms with Crippen molar-refractivity contribution in [1.82, 2.24) is 15.5 Å². The lowest BCUT2D eigenvalue weighted by Crippen LogP contribution is -2.57. The molecule has 24 heavy (non-hydrogen) atoms. The second-order valence-electron chi connectivity index (χ2n) is 7.95. The van der Waals surface area contributed by atoms with Crippen molar-refractivity contribution in [3.8, 4) is 0 Å². The van der Waals surface area contributed by atoms with E-state index >= 15 is 0 Å². The summed E-state index contributed by atoms with van der Waals surface area (Å²) in [6, 6.07) is 0.173. The van der Waals surface area contributed by atoms with E-state index < -0.39 is 5.60 Å². The Balaban J connectivity index is 1.77. The number of amides is 2. The van der Waals surface area contributed by atoms with Gasteiger partial charge in [-0.25, -0.2) is 0 Å². The first-order valence-corrected chi connectivity index (χ1v) is 9.22. The zero-order valence-corrected chi connectivity index (χ0v) is 15.6. The second-order valence-corrected chi connectivity index (χ2v) is 7.95. The molecule has 0 radical (unpaired) electrons. The Morgan fingerprint density at radius 3 is 2.58 bits per heavy atom. The summed E-state index contributed by atoms with van der Waals surface area (Å²) in [5, 5.41) is 6.07. The zero-order valence-electron chi connectivity index (χ0n) is 15.6. The van der Waals surface area contributed by atoms with Crippen molar-refractivity contribution < 1.29 is 14.3 Å². The van der Waals surface area contributed by atoms with Gasteiger partial charge >= 0.3 is 0 Å². The number of nitrogens with zero attached hydrogens (tertiary/aromatic N) is 1. The molecule has 2 amide bonds. The average molecular weight is 339 g/mol. The van der Waals surface area contributed by atoms with Gasteiger partial charge in [-0.1, -0.05) is 20.3 Å². The number of carbonyl (C=O) groups is 2. The molecule has 0 aromatic rings. The van der Waals surface area contributed by atoms with Crippen LogP contribution < -0.4 is 10.6 Å². The van der Waals surface area contributed by atoms with Crippen LogP contribution in [0.2, 0.25) is 0 Å². The molecule has 2 unspecified atom stereocenters. The fourth-order valence-corrected chi connectivity index (χ4v) is 3.02. The van der Waals surface area contributed by atoms with E-state index in [0.717, 1.165) is 25.8 Å². The van der Waals surface area contributed by atoms with Gasteiger partial charge in [0.25, 0.3) is 0 Å². The van der Waals surface area contributed by atoms with Crippen LogP contribution in [0.15, 0.2) is 0 Å². The van der Waals surface area contributed by atoms with E-state index in [4.69, 9.17) is 4.74 Å². The van der Waals surface area contributed by atoms with Gasteiger partial charge < -0.3 is 15.4 Å². The van der Waals surface area contributed by atoms with Gasteiger partial charge in [0.1, 0.15) is 0 Å². The molecule has 2 rings (SSSR count). The van der Waals surface area contributed by atoms with Crippen LogP contribution in [0.4, 0.5) is 0 Å². The quantitative estimate of drug-likeness (QED) is 0.730. The predicted molar refractivity (Wildman–Crippen MR) is 93.6 cm³/mol. The molecule has 1 saturated carbocycles. The minimum absolute atomic E-state index is 0.0546. The molecule has 0 spiro atoms. The lowest BCUT2D eigenvalue weighted by atomic mass is 9.84. The molecule has 1 saturated heterocycles. The number of ether oxygens (including phenoxy) is 1. The predicted octanol–water partition coefficient (Wildman–Crippen LogP) is 1.15. The Morgan fingerprint density at radius 1 is 1.29 bits per heavy atom. The van der Waals surface area contributed by atoms with E-state index in [0.29, 0.717) is 32.2 Å². The van der Waals surface area contributed by atoms with Gasteiger partial charge in [-0.2, -0.15) is 0 Å². The van der Waals surface area contributed by atoms with Crippen LogP contribution in [0, 0.1) is 11.8 Å². The molecule has 2 aliphatic rings. The summed E-state index contributed by atoms with van der Waals surface area (Å²) in [7, 11) is 0. The fourth-order valence-electron chi connectivity index (χ4n) is 3.02. The van der Waals surface area contributed by atoms with Gasteiger partial charge in [0.2, 0.25) is 11.8 Å². The van der Waals surface area contributed by atoms with Crippen molar-refractivity contribution in [2.75, 3.05) is 32.8 Å². The van der Waals surface area contributed by atoms with E-state index in [1.807, 2.05) is 13.8 Å². The molecule has 1 aliphatic carbocycles. The molecule has 6 heteroatoms. The monoisotopic (exact) mass is 339 g/mol. The summed E-state index contributed by atoms with van der Waals surface area (Å²) >= 11 is 0. The molecule has 2 fully saturated rings. The number of hydrogen-bond acceptors (Lipinski definition) is 4. The topological polar surface area (TPSA) is 70.7 Å². The molecule has 0 aromatic carbocycles. The summed E-state index contributed by atoms with van der Waals surface area (Å²) in [4.78, 5) is 26.3. The highest BCUT2D eigenvalue weighted by Gasteiger charge is 2.34. The van der Waals surface area contributed by atoms with Crippen LogP contribution in [0.1, 0.15) is 47.0 Å². The minimum Gasteiger partial charge on any atom is -0.371 e. The maximum Gasteiger partial charge on any atom is 0.234 e. The average Bonchev–Trinajstić information content (AvgIpc) is 2.43. The Kier molecular flexibility index (Phi) is 6.63. The Morgan fingerprint density at radius 2 is 2.00 bits per heavy atom. The van der Waals surface area contributed by atoms with E-state index in [-0.39, 0.29) is 23.8 Å². The third-order valence-electron chi connectivity index (χ3n) is 5.28. The normalized spacial score (nSPS) is 26.7. The highest BCUT2D eigenvalue weighted by atomic mass is 16.5. The second kappa shape index (κ2) is 8.30. The van der Waals surface area contributed by atoms with E-state index in [9.17, 15) is 9.59 Å². The summed E-state index contributed by atoms with van der Waals surface area (Å²) in [6.45, 7) is 11.1. The summed E-state index contributed by atoms with van der Waals surface area (Å²) in [6.07, 6.45) is 3.16. The largest absolute Gasteiger partial charge is 0.371 e. The molecule has 2 atom stereocenters. The SMILES string of the molecule is CC(C)C(C)NC(=O)CN1CCOC(C)(CNC(=O)C2CCC2)C1. The molecular formula is C18H33N3O3. The molecule has 1 aliphatic heterocycles. The third kappa shape index (κ3) is 5.45. The van der Waals surface area contributed by atoms with E-state index in [2.05, 4.69) is 29.4 Å². The highest BCUT2D eigenvalue weighted by Crippen LogP contribution is 2.26. The highest BCUT2D eigenvalue weighted by molar-refractivity contribution is 5.79. The smallest absolute Gasteiger partial charge is 0.234 e. The van der Waals surface area contributed by atoms with Crippen LogP contribution in [0.5, 0.6) is 0 Å². The maximum atomic E-state index is 12.2. The van der Waals surface area contributed by atoms with Crippen molar-refractivity contribution in [3.63, 3.8) is 0 Å². The lowest BCUT2D eigenvalue weighted by molar-refractivity contribution is -0.135. The summed E-state index contributed by atoms with van der Waals surface area (Å²) in [5.74, 6) is 0.813. The van der Waals surface area contributed by atoms with Gasteiger partial charge in [-0.3, -0.25) is 14.5 Å². The molecule has 2 N–H and O–H groups in total. The molecule has 0 bridgehead atoms. The number of carbonyl (C=O) groups excluding carboxylic acids is 2. The van der Waals surface area contributed by atoms with Crippen molar-refractivity contribution in [2.45, 2.75) is 58.6 Å².